The quantitative estimate of drug-likeness (QED) is 0.146. The van der Waals surface area contributed by atoms with Crippen molar-refractivity contribution < 1.29 is 26.3 Å². The van der Waals surface area contributed by atoms with Crippen LogP contribution in [0.15, 0.2) is 97.1 Å². The predicted octanol–water partition coefficient (Wildman–Crippen LogP) is 7.67. The van der Waals surface area contributed by atoms with Crippen molar-refractivity contribution in [2.24, 2.45) is 0 Å². The Kier molecular flexibility index (Phi) is 6.50. The lowest BCUT2D eigenvalue weighted by Crippen LogP contribution is -2.32. The average Bonchev–Trinajstić information content (AvgIpc) is 3.79. The maximum atomic E-state index is 14.7. The molecular formula is C33H16F6N8. The van der Waals surface area contributed by atoms with E-state index < -0.39 is 41.1 Å². The highest BCUT2D eigenvalue weighted by atomic mass is 19.4. The molecule has 0 radical (unpaired) electrons. The van der Waals surface area contributed by atoms with Crippen molar-refractivity contribution in [2.45, 2.75) is 17.8 Å². The van der Waals surface area contributed by atoms with Gasteiger partial charge in [-0.15, -0.1) is 10.2 Å². The van der Waals surface area contributed by atoms with Crippen LogP contribution >= 0.6 is 0 Å². The highest BCUT2D eigenvalue weighted by molar-refractivity contribution is 5.84. The summed E-state index contributed by atoms with van der Waals surface area (Å²) < 4.78 is 89.0. The number of nitriles is 1. The van der Waals surface area contributed by atoms with E-state index in [0.717, 1.165) is 0 Å². The Morgan fingerprint density at radius 2 is 1.15 bits per heavy atom. The van der Waals surface area contributed by atoms with Crippen LogP contribution in [0.5, 0.6) is 0 Å². The van der Waals surface area contributed by atoms with Gasteiger partial charge in [-0.3, -0.25) is 0 Å². The van der Waals surface area contributed by atoms with E-state index in [1.54, 1.807) is 48.5 Å². The summed E-state index contributed by atoms with van der Waals surface area (Å²) in [6.45, 7) is 7.32. The summed E-state index contributed by atoms with van der Waals surface area (Å²) in [6, 6.07) is 25.5. The second-order valence-electron chi connectivity index (χ2n) is 10.5. The molecule has 14 heteroatoms. The van der Waals surface area contributed by atoms with Gasteiger partial charge in [0, 0.05) is 0 Å². The molecule has 0 bridgehead atoms. The fraction of sp³-hybridized carbons (Fsp3) is 0.0909. The fourth-order valence-electron chi connectivity index (χ4n) is 5.89. The van der Waals surface area contributed by atoms with Crippen LogP contribution in [0.3, 0.4) is 0 Å². The molecule has 0 amide bonds. The number of benzene rings is 4. The molecule has 230 valence electrons. The minimum atomic E-state index is -5.07. The Balaban J connectivity index is 1.61. The molecule has 0 saturated carbocycles. The summed E-state index contributed by atoms with van der Waals surface area (Å²) in [6.07, 6.45) is -10.1. The number of rotatable bonds is 4. The lowest BCUT2D eigenvalue weighted by atomic mass is 9.76. The van der Waals surface area contributed by atoms with Crippen LogP contribution in [0.25, 0.3) is 27.3 Å². The van der Waals surface area contributed by atoms with Gasteiger partial charge in [0.05, 0.1) is 29.6 Å². The second kappa shape index (κ2) is 10.4. The Labute approximate surface area is 261 Å². The molecule has 0 fully saturated rings. The average molecular weight is 639 g/mol. The zero-order valence-corrected chi connectivity index (χ0v) is 23.6. The van der Waals surface area contributed by atoms with Crippen LogP contribution in [-0.4, -0.2) is 29.5 Å². The number of hydrogen-bond acceptors (Lipinski definition) is 5. The van der Waals surface area contributed by atoms with Gasteiger partial charge in [-0.1, -0.05) is 66.7 Å². The minimum absolute atomic E-state index is 0.0359. The van der Waals surface area contributed by atoms with E-state index in [-0.39, 0.29) is 33.8 Å². The molecule has 0 spiro atoms. The number of alkyl halides is 6. The number of halogens is 6. The molecule has 6 aromatic rings. The van der Waals surface area contributed by atoms with Gasteiger partial charge in [-0.05, 0) is 52.6 Å². The summed E-state index contributed by atoms with van der Waals surface area (Å²) >= 11 is 0. The standard InChI is InChI=1S/C33H16F6N8/c1-41-20-9-7-11-22(17-20)47-30(33(37,38)39)43-28(45-47)31(25-14-4-2-12-23(25)24-13-3-5-15-26(24)31)27-42-29(32(34,35)36)46(44-27)21-10-6-8-19(16-21)18-40/h2-17H. The van der Waals surface area contributed by atoms with Crippen LogP contribution < -0.4 is 0 Å². The van der Waals surface area contributed by atoms with Crippen molar-refractivity contribution in [3.63, 3.8) is 0 Å². The predicted molar refractivity (Wildman–Crippen MR) is 155 cm³/mol. The fourth-order valence-corrected chi connectivity index (χ4v) is 5.89. The molecule has 0 unspecified atom stereocenters. The first-order valence-electron chi connectivity index (χ1n) is 13.7. The number of fused-ring (bicyclic) bond motifs is 3. The number of aromatic nitrogens is 6. The van der Waals surface area contributed by atoms with Gasteiger partial charge in [-0.25, -0.2) is 24.2 Å². The Hall–Kier alpha value is -6.28. The first-order chi connectivity index (χ1) is 22.5. The third-order valence-corrected chi connectivity index (χ3v) is 7.77. The van der Waals surface area contributed by atoms with Gasteiger partial charge >= 0.3 is 12.4 Å². The van der Waals surface area contributed by atoms with Crippen molar-refractivity contribution in [3.05, 3.63) is 148 Å². The Morgan fingerprint density at radius 3 is 1.64 bits per heavy atom. The van der Waals surface area contributed by atoms with Crippen LogP contribution in [0, 0.1) is 17.9 Å². The van der Waals surface area contributed by atoms with Gasteiger partial charge in [0.15, 0.2) is 17.3 Å². The molecule has 0 N–H and O–H groups in total. The highest BCUT2D eigenvalue weighted by Gasteiger charge is 2.55. The van der Waals surface area contributed by atoms with Crippen LogP contribution in [0.2, 0.25) is 0 Å². The molecule has 1 aliphatic carbocycles. The van der Waals surface area contributed by atoms with Crippen molar-refractivity contribution in [2.75, 3.05) is 0 Å². The summed E-state index contributed by atoms with van der Waals surface area (Å²) in [5.41, 5.74) is -0.702. The van der Waals surface area contributed by atoms with E-state index in [1.807, 2.05) is 6.07 Å². The topological polar surface area (TPSA) is 89.6 Å². The second-order valence-corrected chi connectivity index (χ2v) is 10.5. The maximum absolute atomic E-state index is 14.7. The van der Waals surface area contributed by atoms with E-state index >= 15 is 0 Å². The maximum Gasteiger partial charge on any atom is 0.451 e. The largest absolute Gasteiger partial charge is 0.451 e. The molecule has 4 aromatic carbocycles. The number of hydrogen-bond donors (Lipinski definition) is 0. The zero-order chi connectivity index (χ0) is 33.1. The molecular weight excluding hydrogens is 622 g/mol. The van der Waals surface area contributed by atoms with E-state index in [9.17, 15) is 31.6 Å². The molecule has 2 aromatic heterocycles. The Bertz CT molecular complexity index is 2120. The molecule has 2 heterocycles. The molecule has 8 nitrogen and oxygen atoms in total. The third kappa shape index (κ3) is 4.53. The van der Waals surface area contributed by atoms with Gasteiger partial charge in [0.25, 0.3) is 0 Å². The lowest BCUT2D eigenvalue weighted by molar-refractivity contribution is -0.147. The summed E-state index contributed by atoms with van der Waals surface area (Å²) in [7, 11) is 0. The summed E-state index contributed by atoms with van der Waals surface area (Å²) in [5.74, 6) is -4.01. The minimum Gasteiger partial charge on any atom is -0.238 e. The molecule has 47 heavy (non-hydrogen) atoms. The zero-order valence-electron chi connectivity index (χ0n) is 23.6. The first-order valence-corrected chi connectivity index (χ1v) is 13.7. The molecule has 0 saturated heterocycles. The van der Waals surface area contributed by atoms with Crippen LogP contribution in [0.4, 0.5) is 32.0 Å². The van der Waals surface area contributed by atoms with Crippen LogP contribution in [0.1, 0.15) is 40.0 Å². The molecule has 0 aliphatic heterocycles. The van der Waals surface area contributed by atoms with Crippen molar-refractivity contribution in [1.82, 2.24) is 29.5 Å². The van der Waals surface area contributed by atoms with Gasteiger partial charge in [0.1, 0.15) is 5.41 Å². The monoisotopic (exact) mass is 638 g/mol. The van der Waals surface area contributed by atoms with Crippen molar-refractivity contribution in [3.8, 4) is 28.6 Å². The normalized spacial score (nSPS) is 13.4. The third-order valence-electron chi connectivity index (χ3n) is 7.77. The lowest BCUT2D eigenvalue weighted by Gasteiger charge is -2.26. The van der Waals surface area contributed by atoms with E-state index in [2.05, 4.69) is 25.0 Å². The van der Waals surface area contributed by atoms with Gasteiger partial charge in [-0.2, -0.15) is 31.6 Å². The van der Waals surface area contributed by atoms with Gasteiger partial charge < -0.3 is 0 Å². The SMILES string of the molecule is [C-]#[N+]c1cccc(-n2nc(C3(c4nc(C(F)(F)F)n(-c5cccc(C#N)c5)n4)c4ccccc4-c4ccccc43)nc2C(F)(F)F)c1. The smallest absolute Gasteiger partial charge is 0.238 e. The highest BCUT2D eigenvalue weighted by Crippen LogP contribution is 2.55. The van der Waals surface area contributed by atoms with Gasteiger partial charge in [0.2, 0.25) is 11.6 Å². The Morgan fingerprint density at radius 1 is 0.660 bits per heavy atom. The van der Waals surface area contributed by atoms with E-state index in [0.29, 0.717) is 20.5 Å². The van der Waals surface area contributed by atoms with E-state index in [1.165, 1.54) is 48.5 Å². The molecule has 7 rings (SSSR count). The van der Waals surface area contributed by atoms with Crippen molar-refractivity contribution >= 4 is 5.69 Å². The summed E-state index contributed by atoms with van der Waals surface area (Å²) in [5, 5.41) is 18.0. The molecule has 0 atom stereocenters. The molecule has 1 aliphatic rings. The first kappa shape index (κ1) is 29.4. The van der Waals surface area contributed by atoms with Crippen molar-refractivity contribution in [1.29, 1.82) is 5.26 Å². The van der Waals surface area contributed by atoms with Crippen LogP contribution in [-0.2, 0) is 17.8 Å². The number of nitrogens with zero attached hydrogens (tertiary/aromatic N) is 8. The van der Waals surface area contributed by atoms with E-state index in [4.69, 9.17) is 6.57 Å². The summed E-state index contributed by atoms with van der Waals surface area (Å²) in [4.78, 5) is 11.2.